The number of carbonyl (C=O) groups is 2. The second-order valence-corrected chi connectivity index (χ2v) is 9.44. The van der Waals surface area contributed by atoms with Crippen molar-refractivity contribution in [2.75, 3.05) is 39.3 Å². The summed E-state index contributed by atoms with van der Waals surface area (Å²) in [6.07, 6.45) is 14.0. The first-order chi connectivity index (χ1) is 14.7. The van der Waals surface area contributed by atoms with E-state index < -0.39 is 0 Å². The van der Waals surface area contributed by atoms with Crippen LogP contribution in [0.1, 0.15) is 68.1 Å². The average Bonchev–Trinajstić information content (AvgIpc) is 3.16. The van der Waals surface area contributed by atoms with Crippen LogP contribution >= 0.6 is 0 Å². The lowest BCUT2D eigenvalue weighted by Crippen LogP contribution is -2.43. The predicted molar refractivity (Wildman–Crippen MR) is 117 cm³/mol. The Labute approximate surface area is 180 Å². The number of aromatic nitrogens is 1. The summed E-state index contributed by atoms with van der Waals surface area (Å²) < 4.78 is 0. The van der Waals surface area contributed by atoms with Crippen molar-refractivity contribution in [2.24, 2.45) is 11.3 Å². The fourth-order valence-electron chi connectivity index (χ4n) is 5.74. The van der Waals surface area contributed by atoms with Gasteiger partial charge in [-0.1, -0.05) is 25.7 Å². The quantitative estimate of drug-likeness (QED) is 0.729. The Kier molecular flexibility index (Phi) is 7.03. The number of nitrogens with one attached hydrogen (secondary N) is 1. The fraction of sp³-hybridized carbons (Fsp3) is 0.708. The molecular weight excluding hydrogens is 376 g/mol. The van der Waals surface area contributed by atoms with Crippen molar-refractivity contribution in [3.05, 3.63) is 30.1 Å². The molecule has 1 atom stereocenters. The van der Waals surface area contributed by atoms with E-state index in [4.69, 9.17) is 0 Å². The lowest BCUT2D eigenvalue weighted by atomic mass is 9.67. The molecule has 1 aromatic heterocycles. The van der Waals surface area contributed by atoms with E-state index in [1.54, 1.807) is 24.5 Å². The second-order valence-electron chi connectivity index (χ2n) is 9.44. The second kappa shape index (κ2) is 9.90. The third-order valence-corrected chi connectivity index (χ3v) is 7.43. The van der Waals surface area contributed by atoms with Crippen LogP contribution in [0.4, 0.5) is 0 Å². The van der Waals surface area contributed by atoms with Crippen molar-refractivity contribution in [1.82, 2.24) is 20.1 Å². The molecule has 1 unspecified atom stereocenters. The molecule has 1 N–H and O–H groups in total. The molecular formula is C24H36N4O2. The summed E-state index contributed by atoms with van der Waals surface area (Å²) in [6, 6.07) is 3.54. The molecule has 2 saturated heterocycles. The molecule has 1 saturated carbocycles. The van der Waals surface area contributed by atoms with Gasteiger partial charge in [-0.25, -0.2) is 0 Å². The number of pyridine rings is 1. The summed E-state index contributed by atoms with van der Waals surface area (Å²) in [5.41, 5.74) is 0.622. The van der Waals surface area contributed by atoms with Crippen LogP contribution in [0.15, 0.2) is 24.5 Å². The van der Waals surface area contributed by atoms with Crippen LogP contribution in [-0.2, 0) is 4.79 Å². The number of carbonyl (C=O) groups excluding carboxylic acids is 2. The van der Waals surface area contributed by atoms with E-state index in [1.807, 2.05) is 4.90 Å². The van der Waals surface area contributed by atoms with E-state index in [2.05, 4.69) is 15.2 Å². The van der Waals surface area contributed by atoms with Crippen LogP contribution in [0.3, 0.4) is 0 Å². The van der Waals surface area contributed by atoms with Crippen molar-refractivity contribution in [2.45, 2.75) is 57.8 Å². The predicted octanol–water partition coefficient (Wildman–Crippen LogP) is 3.10. The largest absolute Gasteiger partial charge is 0.356 e. The van der Waals surface area contributed by atoms with Crippen LogP contribution in [-0.4, -0.2) is 65.9 Å². The topological polar surface area (TPSA) is 65.5 Å². The van der Waals surface area contributed by atoms with Gasteiger partial charge in [-0.3, -0.25) is 14.6 Å². The highest BCUT2D eigenvalue weighted by molar-refractivity contribution is 5.95. The number of hydrogen-bond acceptors (Lipinski definition) is 4. The normalized spacial score (nSPS) is 24.1. The van der Waals surface area contributed by atoms with E-state index in [1.165, 1.54) is 38.8 Å². The molecule has 3 heterocycles. The van der Waals surface area contributed by atoms with Gasteiger partial charge in [0.15, 0.2) is 0 Å². The van der Waals surface area contributed by atoms with Crippen molar-refractivity contribution >= 4 is 11.8 Å². The maximum absolute atomic E-state index is 13.2. The Hall–Kier alpha value is -1.95. The van der Waals surface area contributed by atoms with Gasteiger partial charge >= 0.3 is 0 Å². The molecule has 6 heteroatoms. The smallest absolute Gasteiger partial charge is 0.254 e. The first-order valence-corrected chi connectivity index (χ1v) is 11.9. The Bertz CT molecular complexity index is 711. The molecule has 3 fully saturated rings. The Balaban J connectivity index is 1.35. The van der Waals surface area contributed by atoms with Gasteiger partial charge in [-0.2, -0.15) is 0 Å². The Morgan fingerprint density at radius 2 is 1.73 bits per heavy atom. The summed E-state index contributed by atoms with van der Waals surface area (Å²) >= 11 is 0. The monoisotopic (exact) mass is 412 g/mol. The van der Waals surface area contributed by atoms with Gasteiger partial charge in [-0.05, 0) is 63.9 Å². The number of nitrogens with zero attached hydrogens (tertiary/aromatic N) is 3. The highest BCUT2D eigenvalue weighted by Gasteiger charge is 2.51. The lowest BCUT2D eigenvalue weighted by Gasteiger charge is -2.37. The molecule has 6 nitrogen and oxygen atoms in total. The zero-order chi connectivity index (χ0) is 20.8. The maximum Gasteiger partial charge on any atom is 0.254 e. The van der Waals surface area contributed by atoms with Gasteiger partial charge in [0.05, 0.1) is 5.92 Å². The zero-order valence-corrected chi connectivity index (χ0v) is 18.2. The number of rotatable bonds is 6. The molecule has 30 heavy (non-hydrogen) atoms. The standard InChI is InChI=1S/C24H36N4O2/c29-22(26-12-7-17-27-15-5-2-6-16-27)21-18-28(19-24(21)10-3-1-4-11-24)23(30)20-8-13-25-14-9-20/h8-9,13-14,21H,1-7,10-12,15-19H2,(H,26,29). The highest BCUT2D eigenvalue weighted by atomic mass is 16.2. The highest BCUT2D eigenvalue weighted by Crippen LogP contribution is 2.48. The SMILES string of the molecule is O=C(NCCCN1CCCCC1)C1CN(C(=O)c2ccncc2)CC12CCCCC2. The van der Waals surface area contributed by atoms with Gasteiger partial charge in [0, 0.05) is 43.0 Å². The molecule has 4 rings (SSSR count). The molecule has 2 amide bonds. The third kappa shape index (κ3) is 4.85. The van der Waals surface area contributed by atoms with Crippen molar-refractivity contribution < 1.29 is 9.59 Å². The number of hydrogen-bond donors (Lipinski definition) is 1. The van der Waals surface area contributed by atoms with Crippen LogP contribution < -0.4 is 5.32 Å². The first kappa shape index (κ1) is 21.3. The van der Waals surface area contributed by atoms with Gasteiger partial charge in [-0.15, -0.1) is 0 Å². The Morgan fingerprint density at radius 3 is 2.47 bits per heavy atom. The summed E-state index contributed by atoms with van der Waals surface area (Å²) in [7, 11) is 0. The van der Waals surface area contributed by atoms with Crippen LogP contribution in [0.5, 0.6) is 0 Å². The van der Waals surface area contributed by atoms with Gasteiger partial charge in [0.2, 0.25) is 5.91 Å². The molecule has 1 aliphatic carbocycles. The van der Waals surface area contributed by atoms with Crippen molar-refractivity contribution in [1.29, 1.82) is 0 Å². The molecule has 0 aromatic carbocycles. The molecule has 2 aliphatic heterocycles. The molecule has 3 aliphatic rings. The maximum atomic E-state index is 13.2. The van der Waals surface area contributed by atoms with E-state index in [0.717, 1.165) is 45.2 Å². The summed E-state index contributed by atoms with van der Waals surface area (Å²) in [4.78, 5) is 34.7. The molecule has 0 bridgehead atoms. The molecule has 0 radical (unpaired) electrons. The van der Waals surface area contributed by atoms with Crippen molar-refractivity contribution in [3.63, 3.8) is 0 Å². The van der Waals surface area contributed by atoms with Gasteiger partial charge in [0.25, 0.3) is 5.91 Å². The van der Waals surface area contributed by atoms with E-state index in [0.29, 0.717) is 18.7 Å². The van der Waals surface area contributed by atoms with Crippen LogP contribution in [0.25, 0.3) is 0 Å². The van der Waals surface area contributed by atoms with E-state index >= 15 is 0 Å². The number of piperidine rings is 1. The average molecular weight is 413 g/mol. The number of likely N-dealkylation sites (tertiary alicyclic amines) is 2. The third-order valence-electron chi connectivity index (χ3n) is 7.43. The molecule has 164 valence electrons. The minimum absolute atomic E-state index is 0.0303. The first-order valence-electron chi connectivity index (χ1n) is 11.9. The molecule has 1 spiro atoms. The van der Waals surface area contributed by atoms with E-state index in [-0.39, 0.29) is 23.1 Å². The minimum atomic E-state index is -0.0847. The van der Waals surface area contributed by atoms with E-state index in [9.17, 15) is 9.59 Å². The lowest BCUT2D eigenvalue weighted by molar-refractivity contribution is -0.128. The van der Waals surface area contributed by atoms with Crippen LogP contribution in [0, 0.1) is 11.3 Å². The number of amides is 2. The Morgan fingerprint density at radius 1 is 1.03 bits per heavy atom. The fourth-order valence-corrected chi connectivity index (χ4v) is 5.74. The summed E-state index contributed by atoms with van der Waals surface area (Å²) in [6.45, 7) is 5.46. The van der Waals surface area contributed by atoms with Gasteiger partial charge in [0.1, 0.15) is 0 Å². The minimum Gasteiger partial charge on any atom is -0.356 e. The zero-order valence-electron chi connectivity index (χ0n) is 18.2. The van der Waals surface area contributed by atoms with Gasteiger partial charge < -0.3 is 15.1 Å². The molecule has 1 aromatic rings. The van der Waals surface area contributed by atoms with Crippen LogP contribution in [0.2, 0.25) is 0 Å². The summed E-state index contributed by atoms with van der Waals surface area (Å²) in [5.74, 6) is 0.0990. The van der Waals surface area contributed by atoms with Crippen molar-refractivity contribution in [3.8, 4) is 0 Å². The summed E-state index contributed by atoms with van der Waals surface area (Å²) in [5, 5.41) is 3.22.